The minimum absolute atomic E-state index is 0.119. The summed E-state index contributed by atoms with van der Waals surface area (Å²) in [5, 5.41) is 3.10. The highest BCUT2D eigenvalue weighted by molar-refractivity contribution is 7.92. The molecular weight excluding hydrogens is 502 g/mol. The normalized spacial score (nSPS) is 14.7. The van der Waals surface area contributed by atoms with Gasteiger partial charge in [0.05, 0.1) is 19.1 Å². The van der Waals surface area contributed by atoms with Crippen molar-refractivity contribution in [1.29, 1.82) is 0 Å². The molecule has 1 atom stereocenters. The van der Waals surface area contributed by atoms with Crippen molar-refractivity contribution < 1.29 is 22.7 Å². The van der Waals surface area contributed by atoms with Crippen molar-refractivity contribution in [2.45, 2.75) is 77.9 Å². The van der Waals surface area contributed by atoms with Crippen LogP contribution in [-0.4, -0.2) is 57.1 Å². The molecule has 0 radical (unpaired) electrons. The van der Waals surface area contributed by atoms with Crippen LogP contribution in [0, 0.1) is 13.8 Å². The topological polar surface area (TPSA) is 96.0 Å². The smallest absolute Gasteiger partial charge is 0.242 e. The molecule has 0 heterocycles. The van der Waals surface area contributed by atoms with E-state index in [0.717, 1.165) is 42.4 Å². The van der Waals surface area contributed by atoms with Crippen LogP contribution in [0.2, 0.25) is 0 Å². The lowest BCUT2D eigenvalue weighted by Gasteiger charge is -2.30. The average Bonchev–Trinajstić information content (AvgIpc) is 3.39. The number of carbonyl (C=O) groups excluding carboxylic acids is 2. The van der Waals surface area contributed by atoms with E-state index in [-0.39, 0.29) is 37.4 Å². The Morgan fingerprint density at radius 1 is 1.08 bits per heavy atom. The van der Waals surface area contributed by atoms with Gasteiger partial charge in [0.15, 0.2) is 0 Å². The van der Waals surface area contributed by atoms with Crippen molar-refractivity contribution in [3.05, 3.63) is 59.2 Å². The number of nitrogens with zero attached hydrogens (tertiary/aromatic N) is 2. The predicted octanol–water partition coefficient (Wildman–Crippen LogP) is 4.33. The lowest BCUT2D eigenvalue weighted by atomic mass is 10.1. The Labute approximate surface area is 227 Å². The van der Waals surface area contributed by atoms with Crippen LogP contribution in [0.1, 0.15) is 62.1 Å². The van der Waals surface area contributed by atoms with Gasteiger partial charge in [-0.1, -0.05) is 37.1 Å². The molecule has 2 amide bonds. The summed E-state index contributed by atoms with van der Waals surface area (Å²) in [6.07, 6.45) is 5.76. The number of hydrogen-bond acceptors (Lipinski definition) is 5. The van der Waals surface area contributed by atoms with Crippen LogP contribution in [0.4, 0.5) is 5.69 Å². The molecule has 0 aliphatic heterocycles. The highest BCUT2D eigenvalue weighted by atomic mass is 32.2. The molecule has 2 aromatic carbocycles. The second-order valence-electron chi connectivity index (χ2n) is 10.2. The summed E-state index contributed by atoms with van der Waals surface area (Å²) in [7, 11) is -1.95. The number of ether oxygens (including phenoxy) is 1. The highest BCUT2D eigenvalue weighted by Gasteiger charge is 2.29. The number of aryl methyl sites for hydroxylation is 1. The molecule has 1 fully saturated rings. The molecule has 1 aliphatic carbocycles. The van der Waals surface area contributed by atoms with Crippen molar-refractivity contribution in [2.24, 2.45) is 0 Å². The lowest BCUT2D eigenvalue weighted by Crippen LogP contribution is -2.49. The fourth-order valence-corrected chi connectivity index (χ4v) is 5.91. The van der Waals surface area contributed by atoms with Crippen LogP contribution in [-0.2, 0) is 26.2 Å². The Kier molecular flexibility index (Phi) is 10.2. The Bertz CT molecular complexity index is 1210. The van der Waals surface area contributed by atoms with E-state index >= 15 is 0 Å². The summed E-state index contributed by atoms with van der Waals surface area (Å²) >= 11 is 0. The van der Waals surface area contributed by atoms with Gasteiger partial charge < -0.3 is 15.0 Å². The minimum Gasteiger partial charge on any atom is -0.497 e. The lowest BCUT2D eigenvalue weighted by molar-refractivity contribution is -0.141. The number of methoxy groups -OCH3 is 1. The molecule has 208 valence electrons. The second kappa shape index (κ2) is 13.1. The maximum atomic E-state index is 13.5. The van der Waals surface area contributed by atoms with Gasteiger partial charge in [-0.15, -0.1) is 0 Å². The Hall–Kier alpha value is -3.07. The first-order chi connectivity index (χ1) is 18.0. The number of carbonyl (C=O) groups is 2. The number of rotatable bonds is 12. The fraction of sp³-hybridized carbons (Fsp3) is 0.517. The molecule has 1 aliphatic rings. The molecule has 3 rings (SSSR count). The molecule has 1 N–H and O–H groups in total. The summed E-state index contributed by atoms with van der Waals surface area (Å²) in [4.78, 5) is 28.2. The number of sulfonamides is 1. The molecule has 0 saturated heterocycles. The third kappa shape index (κ3) is 7.72. The van der Waals surface area contributed by atoms with Gasteiger partial charge in [0.2, 0.25) is 21.8 Å². The third-order valence-electron chi connectivity index (χ3n) is 7.38. The van der Waals surface area contributed by atoms with Gasteiger partial charge in [-0.25, -0.2) is 8.42 Å². The molecule has 2 aromatic rings. The van der Waals surface area contributed by atoms with Gasteiger partial charge >= 0.3 is 0 Å². The van der Waals surface area contributed by atoms with Crippen molar-refractivity contribution >= 4 is 27.5 Å². The van der Waals surface area contributed by atoms with Crippen LogP contribution in [0.5, 0.6) is 5.75 Å². The highest BCUT2D eigenvalue weighted by Crippen LogP contribution is 2.26. The SMILES string of the molecule is COc1ccc(CN(C(=O)CCCN(c2cccc(C)c2C)S(C)(=O)=O)[C@H](C)C(=O)NC2CCCC2)cc1. The third-order valence-corrected chi connectivity index (χ3v) is 8.56. The average molecular weight is 544 g/mol. The Morgan fingerprint density at radius 3 is 2.34 bits per heavy atom. The monoisotopic (exact) mass is 543 g/mol. The zero-order chi connectivity index (χ0) is 27.9. The molecule has 1 saturated carbocycles. The van der Waals surface area contributed by atoms with E-state index in [2.05, 4.69) is 5.32 Å². The van der Waals surface area contributed by atoms with E-state index in [9.17, 15) is 18.0 Å². The van der Waals surface area contributed by atoms with Gasteiger partial charge in [-0.3, -0.25) is 13.9 Å². The predicted molar refractivity (Wildman–Crippen MR) is 151 cm³/mol. The molecule has 0 spiro atoms. The zero-order valence-corrected chi connectivity index (χ0v) is 24.0. The summed E-state index contributed by atoms with van der Waals surface area (Å²) in [6.45, 7) is 6.04. The van der Waals surface area contributed by atoms with Crippen LogP contribution < -0.4 is 14.4 Å². The number of hydrogen-bond donors (Lipinski definition) is 1. The van der Waals surface area contributed by atoms with Crippen molar-refractivity contribution in [1.82, 2.24) is 10.2 Å². The summed E-state index contributed by atoms with van der Waals surface area (Å²) < 4.78 is 31.9. The molecular formula is C29H41N3O5S. The van der Waals surface area contributed by atoms with E-state index < -0.39 is 16.1 Å². The maximum absolute atomic E-state index is 13.5. The first-order valence-corrected chi connectivity index (χ1v) is 15.1. The Morgan fingerprint density at radius 2 is 1.74 bits per heavy atom. The van der Waals surface area contributed by atoms with Crippen molar-refractivity contribution in [3.63, 3.8) is 0 Å². The summed E-state index contributed by atoms with van der Waals surface area (Å²) in [6, 6.07) is 12.5. The zero-order valence-electron chi connectivity index (χ0n) is 23.2. The van der Waals surface area contributed by atoms with Gasteiger partial charge in [0, 0.05) is 25.6 Å². The first-order valence-electron chi connectivity index (χ1n) is 13.3. The number of anilines is 1. The quantitative estimate of drug-likeness (QED) is 0.430. The largest absolute Gasteiger partial charge is 0.497 e. The first kappa shape index (κ1) is 29.5. The van der Waals surface area contributed by atoms with E-state index in [1.807, 2.05) is 50.2 Å². The van der Waals surface area contributed by atoms with Gasteiger partial charge in [-0.05, 0) is 74.9 Å². The molecule has 0 unspecified atom stereocenters. The van der Waals surface area contributed by atoms with Crippen molar-refractivity contribution in [3.8, 4) is 5.75 Å². The molecule has 8 nitrogen and oxygen atoms in total. The molecule has 0 aromatic heterocycles. The van der Waals surface area contributed by atoms with E-state index in [1.54, 1.807) is 25.0 Å². The second-order valence-corrected chi connectivity index (χ2v) is 12.1. The van der Waals surface area contributed by atoms with E-state index in [1.165, 1.54) is 10.6 Å². The van der Waals surface area contributed by atoms with Crippen LogP contribution in [0.15, 0.2) is 42.5 Å². The fourth-order valence-electron chi connectivity index (χ4n) is 4.89. The van der Waals surface area contributed by atoms with Crippen LogP contribution >= 0.6 is 0 Å². The molecule has 38 heavy (non-hydrogen) atoms. The molecule has 9 heteroatoms. The Balaban J connectivity index is 1.74. The number of amides is 2. The number of nitrogens with one attached hydrogen (secondary N) is 1. The van der Waals surface area contributed by atoms with Crippen LogP contribution in [0.3, 0.4) is 0 Å². The van der Waals surface area contributed by atoms with Gasteiger partial charge in [0.1, 0.15) is 11.8 Å². The maximum Gasteiger partial charge on any atom is 0.242 e. The summed E-state index contributed by atoms with van der Waals surface area (Å²) in [5.74, 6) is 0.363. The summed E-state index contributed by atoms with van der Waals surface area (Å²) in [5.41, 5.74) is 3.40. The van der Waals surface area contributed by atoms with E-state index in [4.69, 9.17) is 4.74 Å². The van der Waals surface area contributed by atoms with Gasteiger partial charge in [-0.2, -0.15) is 0 Å². The molecule has 0 bridgehead atoms. The van der Waals surface area contributed by atoms with Gasteiger partial charge in [0.25, 0.3) is 0 Å². The van der Waals surface area contributed by atoms with Crippen molar-refractivity contribution in [2.75, 3.05) is 24.2 Å². The van der Waals surface area contributed by atoms with Crippen LogP contribution in [0.25, 0.3) is 0 Å². The number of benzene rings is 2. The van der Waals surface area contributed by atoms with E-state index in [0.29, 0.717) is 17.9 Å². The minimum atomic E-state index is -3.54. The standard InChI is InChI=1S/C29H41N3O5S/c1-21-10-8-13-27(22(21)2)32(38(5,35)36)19-9-14-28(33)31(20-24-15-17-26(37-4)18-16-24)23(3)29(34)30-25-11-6-7-12-25/h8,10,13,15-18,23,25H,6-7,9,11-12,14,19-20H2,1-5H3,(H,30,34)/t23-/m1/s1.